The van der Waals surface area contributed by atoms with E-state index in [1.807, 2.05) is 0 Å². The van der Waals surface area contributed by atoms with Gasteiger partial charge in [-0.2, -0.15) is 0 Å². The van der Waals surface area contributed by atoms with Gasteiger partial charge in [0.25, 0.3) is 0 Å². The molecule has 0 bridgehead atoms. The van der Waals surface area contributed by atoms with E-state index >= 15 is 0 Å². The number of nitrogens with one attached hydrogen (secondary N) is 1. The molecule has 0 saturated carbocycles. The van der Waals surface area contributed by atoms with Gasteiger partial charge in [-0.15, -0.1) is 0 Å². The highest BCUT2D eigenvalue weighted by molar-refractivity contribution is 5.92. The molecular formula is C12H18N2O4. The van der Waals surface area contributed by atoms with Crippen LogP contribution in [-0.2, 0) is 9.53 Å². The van der Waals surface area contributed by atoms with E-state index < -0.39 is 0 Å². The standard InChI is InChI=1S/C12H18N2O4/c1-17-11-3-2-9(13)8-10(11)14-12(16)4-6-18-7-5-15/h2-3,8,15H,4-7,13H2,1H3,(H,14,16). The third kappa shape index (κ3) is 4.60. The molecule has 0 atom stereocenters. The molecule has 0 aliphatic rings. The molecule has 0 fully saturated rings. The topological polar surface area (TPSA) is 93.8 Å². The summed E-state index contributed by atoms with van der Waals surface area (Å²) in [6.07, 6.45) is 0.206. The summed E-state index contributed by atoms with van der Waals surface area (Å²) >= 11 is 0. The molecule has 1 amide bonds. The van der Waals surface area contributed by atoms with E-state index in [4.69, 9.17) is 20.3 Å². The highest BCUT2D eigenvalue weighted by Gasteiger charge is 2.07. The Hall–Kier alpha value is -1.79. The number of benzene rings is 1. The molecule has 1 aromatic carbocycles. The number of carbonyl (C=O) groups is 1. The van der Waals surface area contributed by atoms with E-state index in [2.05, 4.69) is 5.32 Å². The summed E-state index contributed by atoms with van der Waals surface area (Å²) in [5.74, 6) is 0.352. The van der Waals surface area contributed by atoms with E-state index in [9.17, 15) is 4.79 Å². The predicted molar refractivity (Wildman–Crippen MR) is 68.6 cm³/mol. The Kier molecular flexibility index (Phi) is 5.96. The molecule has 18 heavy (non-hydrogen) atoms. The second-order valence-corrected chi connectivity index (χ2v) is 3.59. The van der Waals surface area contributed by atoms with Crippen LogP contribution in [0.25, 0.3) is 0 Å². The molecule has 0 heterocycles. The number of hydrogen-bond acceptors (Lipinski definition) is 5. The molecular weight excluding hydrogens is 236 g/mol. The molecule has 0 spiro atoms. The smallest absolute Gasteiger partial charge is 0.226 e. The molecule has 6 heteroatoms. The lowest BCUT2D eigenvalue weighted by Gasteiger charge is -2.10. The van der Waals surface area contributed by atoms with Crippen molar-refractivity contribution in [2.45, 2.75) is 6.42 Å². The predicted octanol–water partition coefficient (Wildman–Crippen LogP) is 0.615. The lowest BCUT2D eigenvalue weighted by Crippen LogP contribution is -2.15. The van der Waals surface area contributed by atoms with Crippen LogP contribution in [0.2, 0.25) is 0 Å². The van der Waals surface area contributed by atoms with E-state index in [0.29, 0.717) is 17.1 Å². The summed E-state index contributed by atoms with van der Waals surface area (Å²) in [5.41, 5.74) is 6.71. The molecule has 0 radical (unpaired) electrons. The van der Waals surface area contributed by atoms with Crippen LogP contribution in [0.1, 0.15) is 6.42 Å². The fourth-order valence-electron chi connectivity index (χ4n) is 1.37. The number of carbonyl (C=O) groups excluding carboxylic acids is 1. The number of nitrogen functional groups attached to an aromatic ring is 1. The van der Waals surface area contributed by atoms with Crippen LogP contribution in [0.4, 0.5) is 11.4 Å². The molecule has 6 nitrogen and oxygen atoms in total. The molecule has 0 aromatic heterocycles. The van der Waals surface area contributed by atoms with Gasteiger partial charge in [-0.3, -0.25) is 4.79 Å². The third-order valence-corrected chi connectivity index (χ3v) is 2.21. The van der Waals surface area contributed by atoms with Crippen molar-refractivity contribution in [1.29, 1.82) is 0 Å². The van der Waals surface area contributed by atoms with Gasteiger partial charge in [-0.25, -0.2) is 0 Å². The molecule has 100 valence electrons. The van der Waals surface area contributed by atoms with Crippen molar-refractivity contribution in [2.24, 2.45) is 0 Å². The van der Waals surface area contributed by atoms with E-state index in [-0.39, 0.29) is 32.1 Å². The zero-order chi connectivity index (χ0) is 13.4. The number of methoxy groups -OCH3 is 1. The molecule has 1 aromatic rings. The number of ether oxygens (including phenoxy) is 2. The summed E-state index contributed by atoms with van der Waals surface area (Å²) < 4.78 is 10.1. The number of aliphatic hydroxyl groups excluding tert-OH is 1. The van der Waals surface area contributed by atoms with Crippen molar-refractivity contribution >= 4 is 17.3 Å². The summed E-state index contributed by atoms with van der Waals surface area (Å²) in [4.78, 5) is 11.6. The van der Waals surface area contributed by atoms with Gasteiger partial charge in [-0.05, 0) is 18.2 Å². The molecule has 0 aliphatic heterocycles. The summed E-state index contributed by atoms with van der Waals surface area (Å²) in [6.45, 7) is 0.441. The van der Waals surface area contributed by atoms with Gasteiger partial charge in [0, 0.05) is 5.69 Å². The Morgan fingerprint density at radius 3 is 2.89 bits per heavy atom. The quantitative estimate of drug-likeness (QED) is 0.490. The summed E-state index contributed by atoms with van der Waals surface area (Å²) in [6, 6.07) is 5.01. The van der Waals surface area contributed by atoms with Gasteiger partial charge in [0.05, 0.1) is 39.0 Å². The molecule has 0 unspecified atom stereocenters. The highest BCUT2D eigenvalue weighted by atomic mass is 16.5. The first-order valence-electron chi connectivity index (χ1n) is 5.59. The SMILES string of the molecule is COc1ccc(N)cc1NC(=O)CCOCCO. The van der Waals surface area contributed by atoms with Crippen molar-refractivity contribution < 1.29 is 19.4 Å². The Labute approximate surface area is 106 Å². The van der Waals surface area contributed by atoms with E-state index in [1.54, 1.807) is 18.2 Å². The Morgan fingerprint density at radius 1 is 1.44 bits per heavy atom. The number of anilines is 2. The van der Waals surface area contributed by atoms with Crippen molar-refractivity contribution in [2.75, 3.05) is 38.0 Å². The van der Waals surface area contributed by atoms with Crippen LogP contribution in [-0.4, -0.2) is 37.9 Å². The Morgan fingerprint density at radius 2 is 2.22 bits per heavy atom. The Balaban J connectivity index is 2.50. The van der Waals surface area contributed by atoms with Crippen molar-refractivity contribution in [3.63, 3.8) is 0 Å². The average molecular weight is 254 g/mol. The average Bonchev–Trinajstić information content (AvgIpc) is 2.35. The van der Waals surface area contributed by atoms with Crippen LogP contribution in [0.15, 0.2) is 18.2 Å². The van der Waals surface area contributed by atoms with Gasteiger partial charge < -0.3 is 25.6 Å². The maximum absolute atomic E-state index is 11.6. The minimum absolute atomic E-state index is 0.0509. The van der Waals surface area contributed by atoms with E-state index in [0.717, 1.165) is 0 Å². The van der Waals surface area contributed by atoms with Crippen LogP contribution >= 0.6 is 0 Å². The van der Waals surface area contributed by atoms with Crippen LogP contribution in [0.3, 0.4) is 0 Å². The lowest BCUT2D eigenvalue weighted by atomic mass is 10.2. The fraction of sp³-hybridized carbons (Fsp3) is 0.417. The maximum atomic E-state index is 11.6. The fourth-order valence-corrected chi connectivity index (χ4v) is 1.37. The molecule has 4 N–H and O–H groups in total. The molecule has 0 saturated heterocycles. The number of hydrogen-bond donors (Lipinski definition) is 3. The van der Waals surface area contributed by atoms with Gasteiger partial charge in [-0.1, -0.05) is 0 Å². The monoisotopic (exact) mass is 254 g/mol. The van der Waals surface area contributed by atoms with Crippen molar-refractivity contribution in [1.82, 2.24) is 0 Å². The summed E-state index contributed by atoms with van der Waals surface area (Å²) in [7, 11) is 1.52. The maximum Gasteiger partial charge on any atom is 0.226 e. The summed E-state index contributed by atoms with van der Waals surface area (Å²) in [5, 5.41) is 11.2. The highest BCUT2D eigenvalue weighted by Crippen LogP contribution is 2.26. The number of aliphatic hydroxyl groups is 1. The molecule has 1 rings (SSSR count). The number of amides is 1. The first-order chi connectivity index (χ1) is 8.67. The third-order valence-electron chi connectivity index (χ3n) is 2.21. The lowest BCUT2D eigenvalue weighted by molar-refractivity contribution is -0.117. The zero-order valence-electron chi connectivity index (χ0n) is 10.3. The first kappa shape index (κ1) is 14.3. The minimum atomic E-state index is -0.197. The van der Waals surface area contributed by atoms with Gasteiger partial charge >= 0.3 is 0 Å². The number of nitrogens with two attached hydrogens (primary N) is 1. The van der Waals surface area contributed by atoms with Gasteiger partial charge in [0.15, 0.2) is 0 Å². The minimum Gasteiger partial charge on any atom is -0.495 e. The van der Waals surface area contributed by atoms with Crippen LogP contribution in [0.5, 0.6) is 5.75 Å². The normalized spacial score (nSPS) is 10.1. The van der Waals surface area contributed by atoms with Crippen LogP contribution < -0.4 is 15.8 Å². The first-order valence-corrected chi connectivity index (χ1v) is 5.59. The second-order valence-electron chi connectivity index (χ2n) is 3.59. The van der Waals surface area contributed by atoms with Crippen LogP contribution in [0, 0.1) is 0 Å². The van der Waals surface area contributed by atoms with Crippen molar-refractivity contribution in [3.8, 4) is 5.75 Å². The van der Waals surface area contributed by atoms with Gasteiger partial charge in [0.1, 0.15) is 5.75 Å². The zero-order valence-corrected chi connectivity index (χ0v) is 10.3. The second kappa shape index (κ2) is 7.52. The molecule has 0 aliphatic carbocycles. The van der Waals surface area contributed by atoms with E-state index in [1.165, 1.54) is 7.11 Å². The largest absolute Gasteiger partial charge is 0.495 e. The van der Waals surface area contributed by atoms with Gasteiger partial charge in [0.2, 0.25) is 5.91 Å². The Bertz CT molecular complexity index is 396. The number of rotatable bonds is 7. The van der Waals surface area contributed by atoms with Crippen molar-refractivity contribution in [3.05, 3.63) is 18.2 Å².